The first-order valence-electron chi connectivity index (χ1n) is 8.00. The third-order valence-electron chi connectivity index (χ3n) is 4.16. The Morgan fingerprint density at radius 1 is 1.12 bits per heavy atom. The number of benzene rings is 2. The summed E-state index contributed by atoms with van der Waals surface area (Å²) in [6.07, 6.45) is 2.34. The molecule has 0 saturated heterocycles. The molecule has 2 aromatic carbocycles. The topological polar surface area (TPSA) is 26.5 Å². The highest BCUT2D eigenvalue weighted by Crippen LogP contribution is 2.40. The lowest BCUT2D eigenvalue weighted by Gasteiger charge is -2.09. The van der Waals surface area contributed by atoms with Gasteiger partial charge in [-0.05, 0) is 55.3 Å². The third kappa shape index (κ3) is 3.47. The van der Waals surface area contributed by atoms with Crippen molar-refractivity contribution in [3.8, 4) is 17.0 Å². The molecule has 1 saturated carbocycles. The van der Waals surface area contributed by atoms with E-state index in [0.717, 1.165) is 27.5 Å². The number of ether oxygens (including phenoxy) is 1. The molecule has 0 amide bonds. The normalized spacial score (nSPS) is 14.8. The maximum absolute atomic E-state index is 6.43. The van der Waals surface area contributed by atoms with Crippen LogP contribution in [0.15, 0.2) is 52.8 Å². The summed E-state index contributed by atoms with van der Waals surface area (Å²) in [4.78, 5) is 5.81. The Bertz CT molecular complexity index is 972. The number of aromatic nitrogens is 1. The Balaban J connectivity index is 1.81. The first-order valence-corrected chi connectivity index (χ1v) is 9.63. The monoisotopic (exact) mass is 390 g/mol. The Morgan fingerprint density at radius 3 is 2.52 bits per heavy atom. The van der Waals surface area contributed by atoms with Gasteiger partial charge in [0, 0.05) is 22.0 Å². The van der Waals surface area contributed by atoms with Crippen LogP contribution >= 0.6 is 34.5 Å². The molecule has 0 radical (unpaired) electrons. The van der Waals surface area contributed by atoms with E-state index in [4.69, 9.17) is 32.9 Å². The van der Waals surface area contributed by atoms with Gasteiger partial charge < -0.3 is 9.30 Å². The van der Waals surface area contributed by atoms with Crippen LogP contribution in [-0.4, -0.2) is 11.7 Å². The predicted octanol–water partition coefficient (Wildman–Crippen LogP) is 6.10. The summed E-state index contributed by atoms with van der Waals surface area (Å²) in [6.45, 7) is 0. The summed E-state index contributed by atoms with van der Waals surface area (Å²) in [7, 11) is 1.66. The van der Waals surface area contributed by atoms with Crippen LogP contribution in [0.4, 0.5) is 5.69 Å². The smallest absolute Gasteiger partial charge is 0.190 e. The molecule has 1 aliphatic rings. The van der Waals surface area contributed by atoms with Crippen LogP contribution in [0.1, 0.15) is 18.9 Å². The minimum Gasteiger partial charge on any atom is -0.497 e. The van der Waals surface area contributed by atoms with Crippen molar-refractivity contribution in [1.29, 1.82) is 0 Å². The number of nitrogens with zero attached hydrogens (tertiary/aromatic N) is 2. The number of hydrogen-bond donors (Lipinski definition) is 0. The molecular weight excluding hydrogens is 375 g/mol. The second-order valence-corrected chi connectivity index (χ2v) is 7.62. The minimum atomic E-state index is 0.491. The lowest BCUT2D eigenvalue weighted by atomic mass is 10.1. The lowest BCUT2D eigenvalue weighted by molar-refractivity contribution is 0.415. The zero-order chi connectivity index (χ0) is 17.4. The van der Waals surface area contributed by atoms with Crippen molar-refractivity contribution in [1.82, 2.24) is 4.57 Å². The van der Waals surface area contributed by atoms with Gasteiger partial charge in [-0.3, -0.25) is 0 Å². The zero-order valence-corrected chi connectivity index (χ0v) is 15.9. The van der Waals surface area contributed by atoms with Crippen LogP contribution in [0.25, 0.3) is 11.3 Å². The molecule has 25 heavy (non-hydrogen) atoms. The average Bonchev–Trinajstić information content (AvgIpc) is 3.37. The van der Waals surface area contributed by atoms with Crippen LogP contribution in [0.5, 0.6) is 5.75 Å². The molecule has 0 unspecified atom stereocenters. The molecule has 0 bridgehead atoms. The average molecular weight is 391 g/mol. The molecule has 4 rings (SSSR count). The first kappa shape index (κ1) is 16.7. The van der Waals surface area contributed by atoms with Crippen molar-refractivity contribution in [2.24, 2.45) is 4.99 Å². The Morgan fingerprint density at radius 2 is 1.88 bits per heavy atom. The van der Waals surface area contributed by atoms with Crippen LogP contribution in [0.2, 0.25) is 10.0 Å². The van der Waals surface area contributed by atoms with Crippen LogP contribution < -0.4 is 9.54 Å². The van der Waals surface area contributed by atoms with Gasteiger partial charge >= 0.3 is 0 Å². The van der Waals surface area contributed by atoms with Gasteiger partial charge in [-0.2, -0.15) is 0 Å². The predicted molar refractivity (Wildman–Crippen MR) is 104 cm³/mol. The van der Waals surface area contributed by atoms with Crippen molar-refractivity contribution >= 4 is 40.2 Å². The van der Waals surface area contributed by atoms with Gasteiger partial charge in [-0.1, -0.05) is 23.2 Å². The van der Waals surface area contributed by atoms with E-state index in [1.807, 2.05) is 36.4 Å². The van der Waals surface area contributed by atoms with E-state index in [0.29, 0.717) is 16.1 Å². The zero-order valence-electron chi connectivity index (χ0n) is 13.6. The molecule has 0 N–H and O–H groups in total. The van der Waals surface area contributed by atoms with Crippen LogP contribution in [0.3, 0.4) is 0 Å². The van der Waals surface area contributed by atoms with Gasteiger partial charge in [0.1, 0.15) is 5.75 Å². The fraction of sp³-hybridized carbons (Fsp3) is 0.211. The van der Waals surface area contributed by atoms with Crippen molar-refractivity contribution in [3.63, 3.8) is 0 Å². The van der Waals surface area contributed by atoms with E-state index >= 15 is 0 Å². The number of halogens is 2. The Kier molecular flexibility index (Phi) is 4.59. The Labute approximate surface area is 160 Å². The highest BCUT2D eigenvalue weighted by molar-refractivity contribution is 7.07. The second-order valence-electron chi connectivity index (χ2n) is 5.94. The molecular formula is C19H16Cl2N2OS. The van der Waals surface area contributed by atoms with Crippen molar-refractivity contribution in [2.75, 3.05) is 7.11 Å². The number of methoxy groups -OCH3 is 1. The highest BCUT2D eigenvalue weighted by atomic mass is 35.5. The Hall–Kier alpha value is -1.75. The first-order chi connectivity index (χ1) is 12.2. The van der Waals surface area contributed by atoms with Gasteiger partial charge in [0.05, 0.1) is 23.5 Å². The third-order valence-corrected chi connectivity index (χ3v) is 5.55. The fourth-order valence-corrected chi connectivity index (χ4v) is 4.23. The van der Waals surface area contributed by atoms with E-state index in [9.17, 15) is 0 Å². The maximum atomic E-state index is 6.43. The molecule has 3 aromatic rings. The van der Waals surface area contributed by atoms with Crippen LogP contribution in [-0.2, 0) is 0 Å². The molecule has 0 spiro atoms. The van der Waals surface area contributed by atoms with E-state index in [1.54, 1.807) is 24.5 Å². The van der Waals surface area contributed by atoms with Crippen LogP contribution in [0, 0.1) is 0 Å². The fourth-order valence-electron chi connectivity index (χ4n) is 2.75. The minimum absolute atomic E-state index is 0.491. The van der Waals surface area contributed by atoms with Crippen molar-refractivity contribution in [2.45, 2.75) is 18.9 Å². The van der Waals surface area contributed by atoms with E-state index in [-0.39, 0.29) is 0 Å². The summed E-state index contributed by atoms with van der Waals surface area (Å²) >= 11 is 14.1. The molecule has 1 aliphatic carbocycles. The standard InChI is InChI=1S/C19H16Cl2N2OS/c1-24-15-7-3-13(4-8-15)22-19-23(14-5-6-14)18(11-25-19)16-9-2-12(20)10-17(16)21/h2-4,7-11,14H,5-6H2,1H3. The van der Waals surface area contributed by atoms with E-state index < -0.39 is 0 Å². The number of rotatable bonds is 4. The number of thiazole rings is 1. The molecule has 0 aliphatic heterocycles. The van der Waals surface area contributed by atoms with Crippen molar-refractivity contribution < 1.29 is 4.74 Å². The van der Waals surface area contributed by atoms with E-state index in [1.165, 1.54) is 12.8 Å². The van der Waals surface area contributed by atoms with E-state index in [2.05, 4.69) is 9.95 Å². The van der Waals surface area contributed by atoms with Gasteiger partial charge in [0.2, 0.25) is 0 Å². The number of hydrogen-bond acceptors (Lipinski definition) is 3. The van der Waals surface area contributed by atoms with Gasteiger partial charge in [0.15, 0.2) is 4.80 Å². The summed E-state index contributed by atoms with van der Waals surface area (Å²) in [5.74, 6) is 0.828. The van der Waals surface area contributed by atoms with Gasteiger partial charge in [0.25, 0.3) is 0 Å². The lowest BCUT2D eigenvalue weighted by Crippen LogP contribution is -2.14. The maximum Gasteiger partial charge on any atom is 0.190 e. The molecule has 1 fully saturated rings. The molecule has 1 heterocycles. The molecule has 3 nitrogen and oxygen atoms in total. The quantitative estimate of drug-likeness (QED) is 0.528. The summed E-state index contributed by atoms with van der Waals surface area (Å²) in [5.41, 5.74) is 3.00. The molecule has 0 atom stereocenters. The summed E-state index contributed by atoms with van der Waals surface area (Å²) < 4.78 is 7.50. The summed E-state index contributed by atoms with van der Waals surface area (Å²) in [6, 6.07) is 13.9. The second kappa shape index (κ2) is 6.87. The molecule has 128 valence electrons. The van der Waals surface area contributed by atoms with Crippen molar-refractivity contribution in [3.05, 3.63) is 62.7 Å². The summed E-state index contributed by atoms with van der Waals surface area (Å²) in [5, 5.41) is 3.43. The highest BCUT2D eigenvalue weighted by Gasteiger charge is 2.28. The SMILES string of the molecule is COc1ccc(N=c2scc(-c3ccc(Cl)cc3Cl)n2C2CC2)cc1. The largest absolute Gasteiger partial charge is 0.497 e. The van der Waals surface area contributed by atoms with Gasteiger partial charge in [-0.25, -0.2) is 4.99 Å². The molecule has 1 aromatic heterocycles. The van der Waals surface area contributed by atoms with Gasteiger partial charge in [-0.15, -0.1) is 11.3 Å². The molecule has 6 heteroatoms.